The van der Waals surface area contributed by atoms with Gasteiger partial charge in [-0.15, -0.1) is 0 Å². The molecular weight excluding hydrogens is 360 g/mol. The van der Waals surface area contributed by atoms with Crippen LogP contribution in [0.5, 0.6) is 0 Å². The molecule has 0 saturated heterocycles. The first kappa shape index (κ1) is 17.8. The van der Waals surface area contributed by atoms with Crippen LogP contribution in [-0.2, 0) is 6.42 Å². The Kier molecular flexibility index (Phi) is 4.24. The van der Waals surface area contributed by atoms with Crippen LogP contribution in [0.2, 0.25) is 0 Å². The molecule has 3 aromatic rings. The zero-order chi connectivity index (χ0) is 20.0. The summed E-state index contributed by atoms with van der Waals surface area (Å²) in [5, 5.41) is 20.4. The fourth-order valence-corrected chi connectivity index (χ4v) is 5.06. The second-order valence-electron chi connectivity index (χ2n) is 8.10. The molecule has 0 radical (unpaired) electrons. The van der Waals surface area contributed by atoms with Crippen molar-refractivity contribution >= 4 is 23.1 Å². The average Bonchev–Trinajstić information content (AvgIpc) is 2.97. The van der Waals surface area contributed by atoms with E-state index >= 15 is 0 Å². The molecule has 1 N–H and O–H groups in total. The maximum atomic E-state index is 11.6. The van der Waals surface area contributed by atoms with E-state index in [0.717, 1.165) is 40.6 Å². The molecule has 0 bridgehead atoms. The van der Waals surface area contributed by atoms with Gasteiger partial charge in [-0.05, 0) is 42.0 Å². The number of benzene rings is 2. The zero-order valence-electron chi connectivity index (χ0n) is 16.2. The Balaban J connectivity index is 1.90. The first-order valence-corrected chi connectivity index (χ1v) is 10.3. The molecule has 5 rings (SSSR count). The number of nitriles is 1. The molecule has 0 amide bonds. The lowest BCUT2D eigenvalue weighted by molar-refractivity contribution is 0.0697. The fraction of sp³-hybridized carbons (Fsp3) is 0.280. The van der Waals surface area contributed by atoms with E-state index in [1.165, 1.54) is 24.8 Å². The highest BCUT2D eigenvalue weighted by molar-refractivity contribution is 6.00. The van der Waals surface area contributed by atoms with E-state index in [0.29, 0.717) is 17.9 Å². The second kappa shape index (κ2) is 6.93. The van der Waals surface area contributed by atoms with Gasteiger partial charge in [0.1, 0.15) is 0 Å². The van der Waals surface area contributed by atoms with Gasteiger partial charge in [0.05, 0.1) is 28.4 Å². The molecule has 0 spiro atoms. The highest BCUT2D eigenvalue weighted by Crippen LogP contribution is 2.46. The predicted octanol–water partition coefficient (Wildman–Crippen LogP) is 5.97. The number of rotatable bonds is 2. The third kappa shape index (κ3) is 2.86. The van der Waals surface area contributed by atoms with Crippen LogP contribution in [0, 0.1) is 11.3 Å². The van der Waals surface area contributed by atoms with E-state index < -0.39 is 5.97 Å². The molecule has 4 heteroatoms. The number of aromatic nitrogens is 1. The summed E-state index contributed by atoms with van der Waals surface area (Å²) in [7, 11) is 0. The monoisotopic (exact) mass is 382 g/mol. The van der Waals surface area contributed by atoms with Gasteiger partial charge < -0.3 is 9.67 Å². The molecule has 2 heterocycles. The minimum atomic E-state index is -0.930. The largest absolute Gasteiger partial charge is 0.478 e. The van der Waals surface area contributed by atoms with Crippen molar-refractivity contribution in [2.75, 3.05) is 0 Å². The van der Waals surface area contributed by atoms with Crippen LogP contribution < -0.4 is 0 Å². The molecule has 29 heavy (non-hydrogen) atoms. The molecule has 144 valence electrons. The van der Waals surface area contributed by atoms with Crippen molar-refractivity contribution in [2.45, 2.75) is 44.4 Å². The molecular formula is C25H22N2O2. The topological polar surface area (TPSA) is 66.0 Å². The number of fused-ring (bicyclic) bond motifs is 5. The zero-order valence-corrected chi connectivity index (χ0v) is 16.2. The van der Waals surface area contributed by atoms with Crippen LogP contribution in [-0.4, -0.2) is 15.6 Å². The average molecular weight is 382 g/mol. The summed E-state index contributed by atoms with van der Waals surface area (Å²) in [6.45, 7) is 0. The SMILES string of the molecule is N#CC1=Cn2c(c(C3CCCCC3)c3ccc(C(=O)O)cc32)-c2ccccc2C1. The summed E-state index contributed by atoms with van der Waals surface area (Å²) in [5.74, 6) is -0.469. The van der Waals surface area contributed by atoms with Crippen LogP contribution >= 0.6 is 0 Å². The number of aromatic carboxylic acids is 1. The molecule has 1 aliphatic carbocycles. The fourth-order valence-electron chi connectivity index (χ4n) is 5.06. The predicted molar refractivity (Wildman–Crippen MR) is 114 cm³/mol. The third-order valence-electron chi connectivity index (χ3n) is 6.39. The molecule has 1 saturated carbocycles. The van der Waals surface area contributed by atoms with Crippen LogP contribution in [0.25, 0.3) is 28.4 Å². The van der Waals surface area contributed by atoms with Gasteiger partial charge in [0.25, 0.3) is 0 Å². The van der Waals surface area contributed by atoms with Crippen molar-refractivity contribution in [1.29, 1.82) is 5.26 Å². The van der Waals surface area contributed by atoms with Gasteiger partial charge in [-0.1, -0.05) is 49.6 Å². The summed E-state index contributed by atoms with van der Waals surface area (Å²) >= 11 is 0. The normalized spacial score (nSPS) is 16.4. The molecule has 2 aliphatic rings. The minimum Gasteiger partial charge on any atom is -0.478 e. The van der Waals surface area contributed by atoms with E-state index in [9.17, 15) is 15.2 Å². The third-order valence-corrected chi connectivity index (χ3v) is 6.39. The highest BCUT2D eigenvalue weighted by Gasteiger charge is 2.28. The number of hydrogen-bond acceptors (Lipinski definition) is 2. The molecule has 0 unspecified atom stereocenters. The first-order valence-electron chi connectivity index (χ1n) is 10.3. The van der Waals surface area contributed by atoms with E-state index in [1.807, 2.05) is 24.4 Å². The number of carboxylic acids is 1. The van der Waals surface area contributed by atoms with E-state index in [1.54, 1.807) is 12.1 Å². The van der Waals surface area contributed by atoms with Gasteiger partial charge >= 0.3 is 5.97 Å². The van der Waals surface area contributed by atoms with Crippen molar-refractivity contribution in [3.05, 3.63) is 64.7 Å². The Hall–Kier alpha value is -3.32. The number of hydrogen-bond donors (Lipinski definition) is 1. The summed E-state index contributed by atoms with van der Waals surface area (Å²) in [6, 6.07) is 16.1. The summed E-state index contributed by atoms with van der Waals surface area (Å²) in [4.78, 5) is 11.6. The lowest BCUT2D eigenvalue weighted by Gasteiger charge is -2.23. The minimum absolute atomic E-state index is 0.275. The van der Waals surface area contributed by atoms with Gasteiger partial charge in [-0.3, -0.25) is 0 Å². The lowest BCUT2D eigenvalue weighted by Crippen LogP contribution is -2.06. The highest BCUT2D eigenvalue weighted by atomic mass is 16.4. The summed E-state index contributed by atoms with van der Waals surface area (Å²) < 4.78 is 2.08. The number of allylic oxidation sites excluding steroid dienone is 1. The van der Waals surface area contributed by atoms with Gasteiger partial charge in [0.2, 0.25) is 0 Å². The van der Waals surface area contributed by atoms with Gasteiger partial charge in [0.15, 0.2) is 0 Å². The maximum Gasteiger partial charge on any atom is 0.335 e. The molecule has 0 atom stereocenters. The number of nitrogens with zero attached hydrogens (tertiary/aromatic N) is 2. The summed E-state index contributed by atoms with van der Waals surface area (Å²) in [6.07, 6.45) is 8.56. The Morgan fingerprint density at radius 2 is 1.90 bits per heavy atom. The Labute approximate surface area is 169 Å². The molecule has 1 fully saturated rings. The molecule has 1 aromatic heterocycles. The van der Waals surface area contributed by atoms with Crippen LogP contribution in [0.15, 0.2) is 48.0 Å². The van der Waals surface area contributed by atoms with Crippen molar-refractivity contribution < 1.29 is 9.90 Å². The van der Waals surface area contributed by atoms with Crippen molar-refractivity contribution in [1.82, 2.24) is 4.57 Å². The van der Waals surface area contributed by atoms with Crippen LogP contribution in [0.1, 0.15) is 59.5 Å². The van der Waals surface area contributed by atoms with Crippen molar-refractivity contribution in [3.8, 4) is 17.3 Å². The Morgan fingerprint density at radius 1 is 1.10 bits per heavy atom. The molecule has 1 aliphatic heterocycles. The van der Waals surface area contributed by atoms with Crippen molar-refractivity contribution in [3.63, 3.8) is 0 Å². The van der Waals surface area contributed by atoms with Crippen LogP contribution in [0.3, 0.4) is 0 Å². The van der Waals surface area contributed by atoms with Crippen LogP contribution in [0.4, 0.5) is 0 Å². The Morgan fingerprint density at radius 3 is 2.66 bits per heavy atom. The van der Waals surface area contributed by atoms with Gasteiger partial charge in [-0.2, -0.15) is 5.26 Å². The quantitative estimate of drug-likeness (QED) is 0.593. The van der Waals surface area contributed by atoms with Crippen molar-refractivity contribution in [2.24, 2.45) is 0 Å². The second-order valence-corrected chi connectivity index (χ2v) is 8.10. The Bertz CT molecular complexity index is 1200. The molecule has 2 aromatic carbocycles. The smallest absolute Gasteiger partial charge is 0.335 e. The van der Waals surface area contributed by atoms with E-state index in [2.05, 4.69) is 22.8 Å². The maximum absolute atomic E-state index is 11.6. The van der Waals surface area contributed by atoms with Gasteiger partial charge in [0, 0.05) is 23.6 Å². The summed E-state index contributed by atoms with van der Waals surface area (Å²) in [5.41, 5.74) is 6.60. The number of carboxylic acid groups (broad SMARTS) is 1. The van der Waals surface area contributed by atoms with Gasteiger partial charge in [-0.25, -0.2) is 4.79 Å². The first-order chi connectivity index (χ1) is 14.2. The van der Waals surface area contributed by atoms with E-state index in [4.69, 9.17) is 0 Å². The standard InChI is InChI=1S/C25H22N2O2/c26-14-16-12-18-8-4-5-9-20(18)24-23(17-6-2-1-3-7-17)21-11-10-19(25(28)29)13-22(21)27(24)15-16/h4-5,8-11,13,15,17H,1-3,6-7,12H2,(H,28,29). The molecule has 4 nitrogen and oxygen atoms in total. The van der Waals surface area contributed by atoms with E-state index in [-0.39, 0.29) is 5.56 Å². The number of carbonyl (C=O) groups is 1. The lowest BCUT2D eigenvalue weighted by atomic mass is 9.81.